The van der Waals surface area contributed by atoms with Crippen molar-refractivity contribution in [3.63, 3.8) is 0 Å². The van der Waals surface area contributed by atoms with Gasteiger partial charge in [0.1, 0.15) is 0 Å². The van der Waals surface area contributed by atoms with Crippen LogP contribution in [0.25, 0.3) is 0 Å². The Morgan fingerprint density at radius 2 is 0.733 bits per heavy atom. The van der Waals surface area contributed by atoms with Crippen molar-refractivity contribution in [2.45, 2.75) is 155 Å². The predicted molar refractivity (Wildman–Crippen MR) is 139 cm³/mol. The molecule has 0 aliphatic heterocycles. The van der Waals surface area contributed by atoms with E-state index in [2.05, 4.69) is 104 Å². The van der Waals surface area contributed by atoms with Crippen LogP contribution in [0.2, 0.25) is 0 Å². The zero-order chi connectivity index (χ0) is 25.2. The van der Waals surface area contributed by atoms with E-state index < -0.39 is 5.97 Å². The lowest BCUT2D eigenvalue weighted by Gasteiger charge is -2.17. The number of hydrogen-bond acceptors (Lipinski definition) is 1. The van der Waals surface area contributed by atoms with Gasteiger partial charge < -0.3 is 5.11 Å². The Balaban J connectivity index is -0.000000184. The summed E-state index contributed by atoms with van der Waals surface area (Å²) in [5.41, 5.74) is 1.96. The molecular weight excluding hydrogens is 368 g/mol. The van der Waals surface area contributed by atoms with Crippen molar-refractivity contribution in [2.24, 2.45) is 21.7 Å². The highest BCUT2D eigenvalue weighted by Gasteiger charge is 2.08. The number of hydrogen-bond donors (Lipinski definition) is 1. The molecule has 0 amide bonds. The first kappa shape index (κ1) is 36.8. The summed E-state index contributed by atoms with van der Waals surface area (Å²) in [5, 5.41) is 8.44. The Morgan fingerprint density at radius 1 is 0.500 bits per heavy atom. The third-order valence-electron chi connectivity index (χ3n) is 2.57. The topological polar surface area (TPSA) is 37.3 Å². The SMILES string of the molecule is CC(C)(C)C.CC(C)(C)C.CC(C)(C)C.CC(C)(C)CCCCCCCCC(=O)O. The third kappa shape index (κ3) is 146. The molecule has 0 bridgehead atoms. The molecule has 0 saturated carbocycles. The van der Waals surface area contributed by atoms with Gasteiger partial charge in [-0.25, -0.2) is 0 Å². The molecule has 0 fully saturated rings. The molecule has 186 valence electrons. The number of carboxylic acid groups (broad SMARTS) is 1. The van der Waals surface area contributed by atoms with Gasteiger partial charge in [0.15, 0.2) is 0 Å². The number of unbranched alkanes of at least 4 members (excludes halogenated alkanes) is 5. The summed E-state index contributed by atoms with van der Waals surface area (Å²) in [6.07, 6.45) is 8.60. The van der Waals surface area contributed by atoms with E-state index in [4.69, 9.17) is 5.11 Å². The largest absolute Gasteiger partial charge is 0.481 e. The molecule has 0 heterocycles. The molecule has 2 nitrogen and oxygen atoms in total. The molecule has 0 aliphatic carbocycles. The monoisotopic (exact) mass is 430 g/mol. The second kappa shape index (κ2) is 18.1. The van der Waals surface area contributed by atoms with Gasteiger partial charge in [-0.3, -0.25) is 4.79 Å². The number of aliphatic carboxylic acids is 1. The molecular formula is C28H62O2. The molecule has 0 aliphatic rings. The summed E-state index contributed by atoms with van der Waals surface area (Å²) in [4.78, 5) is 10.2. The van der Waals surface area contributed by atoms with Gasteiger partial charge in [0, 0.05) is 6.42 Å². The summed E-state index contributed by atoms with van der Waals surface area (Å²) < 4.78 is 0. The van der Waals surface area contributed by atoms with Crippen LogP contribution >= 0.6 is 0 Å². The molecule has 30 heavy (non-hydrogen) atoms. The van der Waals surface area contributed by atoms with Crippen molar-refractivity contribution in [1.82, 2.24) is 0 Å². The lowest BCUT2D eigenvalue weighted by Crippen LogP contribution is -2.03. The average Bonchev–Trinajstić information content (AvgIpc) is 2.34. The molecule has 0 aromatic rings. The van der Waals surface area contributed by atoms with Crippen LogP contribution in [0.3, 0.4) is 0 Å². The summed E-state index contributed by atoms with van der Waals surface area (Å²) in [7, 11) is 0. The Morgan fingerprint density at radius 3 is 0.967 bits per heavy atom. The fourth-order valence-corrected chi connectivity index (χ4v) is 1.64. The first-order valence-corrected chi connectivity index (χ1v) is 12.1. The van der Waals surface area contributed by atoms with Gasteiger partial charge >= 0.3 is 5.97 Å². The van der Waals surface area contributed by atoms with E-state index in [1.807, 2.05) is 0 Å². The lowest BCUT2D eigenvalue weighted by molar-refractivity contribution is -0.137. The third-order valence-corrected chi connectivity index (χ3v) is 2.57. The highest BCUT2D eigenvalue weighted by atomic mass is 16.4. The zero-order valence-electron chi connectivity index (χ0n) is 24.0. The number of rotatable bonds is 8. The van der Waals surface area contributed by atoms with Crippen LogP contribution < -0.4 is 0 Å². The van der Waals surface area contributed by atoms with Crippen LogP contribution in [0.15, 0.2) is 0 Å². The molecule has 2 heteroatoms. The van der Waals surface area contributed by atoms with E-state index in [0.717, 1.165) is 12.8 Å². The van der Waals surface area contributed by atoms with Crippen LogP contribution in [0.1, 0.15) is 155 Å². The van der Waals surface area contributed by atoms with Gasteiger partial charge in [-0.2, -0.15) is 0 Å². The number of carboxylic acids is 1. The van der Waals surface area contributed by atoms with E-state index in [9.17, 15) is 4.79 Å². The molecule has 0 aromatic heterocycles. The summed E-state index contributed by atoms with van der Waals surface area (Å²) in [6, 6.07) is 0. The highest BCUT2D eigenvalue weighted by molar-refractivity contribution is 5.66. The van der Waals surface area contributed by atoms with Gasteiger partial charge in [0.05, 0.1) is 0 Å². The van der Waals surface area contributed by atoms with Crippen LogP contribution in [-0.4, -0.2) is 11.1 Å². The van der Waals surface area contributed by atoms with E-state index in [0.29, 0.717) is 28.1 Å². The first-order valence-electron chi connectivity index (χ1n) is 12.1. The minimum Gasteiger partial charge on any atom is -0.481 e. The van der Waals surface area contributed by atoms with Crippen molar-refractivity contribution in [3.05, 3.63) is 0 Å². The van der Waals surface area contributed by atoms with Crippen LogP contribution in [0.5, 0.6) is 0 Å². The second-order valence-electron chi connectivity index (χ2n) is 14.6. The van der Waals surface area contributed by atoms with Crippen molar-refractivity contribution >= 4 is 5.97 Å². The molecule has 0 atom stereocenters. The van der Waals surface area contributed by atoms with Gasteiger partial charge in [-0.1, -0.05) is 136 Å². The van der Waals surface area contributed by atoms with Crippen molar-refractivity contribution < 1.29 is 9.90 Å². The Hall–Kier alpha value is -0.530. The average molecular weight is 431 g/mol. The molecule has 0 unspecified atom stereocenters. The van der Waals surface area contributed by atoms with Gasteiger partial charge in [-0.15, -0.1) is 0 Å². The molecule has 0 aromatic carbocycles. The second-order valence-corrected chi connectivity index (χ2v) is 14.6. The zero-order valence-corrected chi connectivity index (χ0v) is 24.0. The Bertz CT molecular complexity index is 321. The summed E-state index contributed by atoms with van der Waals surface area (Å²) in [5.74, 6) is -0.664. The van der Waals surface area contributed by atoms with Gasteiger partial charge in [-0.05, 0) is 34.5 Å². The maximum absolute atomic E-state index is 10.2. The van der Waals surface area contributed by atoms with Gasteiger partial charge in [0.2, 0.25) is 0 Å². The molecule has 0 spiro atoms. The van der Waals surface area contributed by atoms with Crippen LogP contribution in [0, 0.1) is 21.7 Å². The molecule has 0 saturated heterocycles. The van der Waals surface area contributed by atoms with E-state index >= 15 is 0 Å². The fraction of sp³-hybridized carbons (Fsp3) is 0.964. The highest BCUT2D eigenvalue weighted by Crippen LogP contribution is 2.22. The van der Waals surface area contributed by atoms with Gasteiger partial charge in [0.25, 0.3) is 0 Å². The Kier molecular flexibility index (Phi) is 22.2. The van der Waals surface area contributed by atoms with Crippen LogP contribution in [0.4, 0.5) is 0 Å². The van der Waals surface area contributed by atoms with Crippen molar-refractivity contribution in [2.75, 3.05) is 0 Å². The minimum atomic E-state index is -0.664. The maximum Gasteiger partial charge on any atom is 0.303 e. The summed E-state index contributed by atoms with van der Waals surface area (Å²) in [6.45, 7) is 33.1. The molecule has 0 rings (SSSR count). The van der Waals surface area contributed by atoms with Crippen LogP contribution in [-0.2, 0) is 4.79 Å². The first-order chi connectivity index (χ1) is 12.9. The van der Waals surface area contributed by atoms with Crippen molar-refractivity contribution in [1.29, 1.82) is 0 Å². The van der Waals surface area contributed by atoms with E-state index in [1.165, 1.54) is 32.1 Å². The molecule has 1 N–H and O–H groups in total. The van der Waals surface area contributed by atoms with E-state index in [-0.39, 0.29) is 0 Å². The van der Waals surface area contributed by atoms with Crippen molar-refractivity contribution in [3.8, 4) is 0 Å². The summed E-state index contributed by atoms with van der Waals surface area (Å²) >= 11 is 0. The maximum atomic E-state index is 10.2. The predicted octanol–water partition coefficient (Wildman–Crippen LogP) is 10.4. The molecule has 0 radical (unpaired) electrons. The normalized spacial score (nSPS) is 11.8. The fourth-order valence-electron chi connectivity index (χ4n) is 1.64. The standard InChI is InChI=1S/C13H26O2.3C5H12/c1-13(2,3)11-9-7-5-4-6-8-10-12(14)15;3*1-5(2,3)4/h4-11H2,1-3H3,(H,14,15);3*1-4H3. The minimum absolute atomic E-state index is 0.335. The van der Waals surface area contributed by atoms with E-state index in [1.54, 1.807) is 0 Å². The number of carbonyl (C=O) groups is 1. The smallest absolute Gasteiger partial charge is 0.303 e. The lowest BCUT2D eigenvalue weighted by atomic mass is 9.89. The quantitative estimate of drug-likeness (QED) is 0.389. The Labute approximate surface area is 193 Å².